The fourth-order valence-corrected chi connectivity index (χ4v) is 3.56. The van der Waals surface area contributed by atoms with Gasteiger partial charge in [-0.1, -0.05) is 24.3 Å². The minimum Gasteiger partial charge on any atom is -1.00 e. The number of rotatable bonds is 0. The summed E-state index contributed by atoms with van der Waals surface area (Å²) in [6.07, 6.45) is 3.50. The molecule has 0 spiro atoms. The Hall–Kier alpha value is -0.130. The molecule has 2 aliphatic heterocycles. The van der Waals surface area contributed by atoms with Gasteiger partial charge < -0.3 is 33.6 Å². The van der Waals surface area contributed by atoms with Crippen LogP contribution in [0.25, 0.3) is 0 Å². The zero-order chi connectivity index (χ0) is 11.2. The molecule has 1 fully saturated rings. The molecule has 0 saturated carbocycles. The molecule has 17 heavy (non-hydrogen) atoms. The maximum absolute atomic E-state index is 10.5. The van der Waals surface area contributed by atoms with Crippen LogP contribution in [0.4, 0.5) is 0 Å². The lowest BCUT2D eigenvalue weighted by atomic mass is 9.84. The van der Waals surface area contributed by atoms with Gasteiger partial charge in [-0.15, -0.1) is 0 Å². The number of aliphatic hydroxyl groups is 1. The molecule has 2 nitrogen and oxygen atoms in total. The smallest absolute Gasteiger partial charge is 0.131 e. The molecular weight excluding hydrogens is 325 g/mol. The average Bonchev–Trinajstić information content (AvgIpc) is 2.28. The van der Waals surface area contributed by atoms with Crippen LogP contribution in [0.5, 0.6) is 0 Å². The molecule has 1 aromatic rings. The van der Waals surface area contributed by atoms with Crippen molar-refractivity contribution in [3.05, 3.63) is 35.4 Å². The summed E-state index contributed by atoms with van der Waals surface area (Å²) in [7, 11) is 2.31. The molecular formula is C14H20INO. The van der Waals surface area contributed by atoms with Crippen LogP contribution >= 0.6 is 0 Å². The van der Waals surface area contributed by atoms with E-state index in [1.54, 1.807) is 0 Å². The van der Waals surface area contributed by atoms with Crippen molar-refractivity contribution >= 4 is 0 Å². The van der Waals surface area contributed by atoms with Crippen molar-refractivity contribution in [2.75, 3.05) is 13.6 Å². The second-order valence-corrected chi connectivity index (χ2v) is 5.57. The van der Waals surface area contributed by atoms with E-state index in [-0.39, 0.29) is 30.1 Å². The number of piperidine rings is 1. The van der Waals surface area contributed by atoms with E-state index in [1.165, 1.54) is 36.9 Å². The van der Waals surface area contributed by atoms with E-state index in [1.807, 2.05) is 6.07 Å². The van der Waals surface area contributed by atoms with Gasteiger partial charge >= 0.3 is 0 Å². The topological polar surface area (TPSA) is 20.2 Å². The van der Waals surface area contributed by atoms with Gasteiger partial charge in [-0.3, -0.25) is 0 Å². The van der Waals surface area contributed by atoms with Crippen LogP contribution < -0.4 is 24.0 Å². The van der Waals surface area contributed by atoms with Gasteiger partial charge in [0.25, 0.3) is 0 Å². The Morgan fingerprint density at radius 3 is 2.82 bits per heavy atom. The van der Waals surface area contributed by atoms with Gasteiger partial charge in [0.1, 0.15) is 18.7 Å². The lowest BCUT2D eigenvalue weighted by molar-refractivity contribution is -0.957. The molecule has 3 heteroatoms. The second-order valence-electron chi connectivity index (χ2n) is 5.57. The number of nitrogens with zero attached hydrogens (tertiary/aromatic N) is 1. The first-order chi connectivity index (χ1) is 7.71. The third-order valence-electron chi connectivity index (χ3n) is 4.49. The Kier molecular flexibility index (Phi) is 3.80. The van der Waals surface area contributed by atoms with Crippen LogP contribution in [0.1, 0.15) is 36.5 Å². The Labute approximate surface area is 120 Å². The largest absolute Gasteiger partial charge is 1.00 e. The van der Waals surface area contributed by atoms with E-state index < -0.39 is 0 Å². The zero-order valence-corrected chi connectivity index (χ0v) is 12.4. The standard InChI is InChI=1S/C14H20NO.HI/c1-15-9-5-4-8-13(15)14(16)12-7-3-2-6-11(12)10-15;/h2-3,6-7,13-14,16H,4-5,8-10H2,1H3;1H/q+1;/p-1/t13-,14+,15-;/m0./s1. The molecule has 0 bridgehead atoms. The van der Waals surface area contributed by atoms with Gasteiger partial charge in [-0.05, 0) is 18.4 Å². The molecule has 3 atom stereocenters. The highest BCUT2D eigenvalue weighted by molar-refractivity contribution is 5.30. The van der Waals surface area contributed by atoms with E-state index in [2.05, 4.69) is 25.2 Å². The molecule has 0 radical (unpaired) electrons. The summed E-state index contributed by atoms with van der Waals surface area (Å²) in [5, 5.41) is 10.5. The molecule has 1 aromatic carbocycles. The zero-order valence-electron chi connectivity index (χ0n) is 10.3. The van der Waals surface area contributed by atoms with E-state index in [0.29, 0.717) is 6.04 Å². The van der Waals surface area contributed by atoms with Crippen molar-refractivity contribution < 1.29 is 33.6 Å². The number of hydrogen-bond acceptors (Lipinski definition) is 1. The highest BCUT2D eigenvalue weighted by Crippen LogP contribution is 2.40. The number of likely N-dealkylation sites (N-methyl/N-ethyl adjacent to an activating group) is 1. The molecule has 2 heterocycles. The molecule has 94 valence electrons. The lowest BCUT2D eigenvalue weighted by Gasteiger charge is -2.50. The third-order valence-corrected chi connectivity index (χ3v) is 4.49. The first-order valence-electron chi connectivity index (χ1n) is 6.31. The first-order valence-corrected chi connectivity index (χ1v) is 6.31. The molecule has 3 rings (SSSR count). The maximum Gasteiger partial charge on any atom is 0.131 e. The van der Waals surface area contributed by atoms with E-state index >= 15 is 0 Å². The van der Waals surface area contributed by atoms with Gasteiger partial charge in [-0.2, -0.15) is 0 Å². The summed E-state index contributed by atoms with van der Waals surface area (Å²) in [6, 6.07) is 8.82. The van der Waals surface area contributed by atoms with Crippen molar-refractivity contribution in [1.29, 1.82) is 0 Å². The number of aliphatic hydroxyl groups excluding tert-OH is 1. The SMILES string of the molecule is C[N@@+]12CCCC[C@H]1[C@H](O)c1ccccc1C2.[I-]. The van der Waals surface area contributed by atoms with Gasteiger partial charge in [0.15, 0.2) is 0 Å². The third kappa shape index (κ3) is 2.13. The highest BCUT2D eigenvalue weighted by Gasteiger charge is 2.45. The molecule has 0 aromatic heterocycles. The average molecular weight is 345 g/mol. The number of benzene rings is 1. The van der Waals surface area contributed by atoms with Crippen molar-refractivity contribution in [2.24, 2.45) is 0 Å². The molecule has 0 amide bonds. The monoisotopic (exact) mass is 345 g/mol. The Balaban J connectivity index is 0.00000108. The number of hydrogen-bond donors (Lipinski definition) is 1. The molecule has 0 aliphatic carbocycles. The first kappa shape index (κ1) is 13.3. The van der Waals surface area contributed by atoms with E-state index in [9.17, 15) is 5.11 Å². The summed E-state index contributed by atoms with van der Waals surface area (Å²) >= 11 is 0. The quantitative estimate of drug-likeness (QED) is 0.484. The van der Waals surface area contributed by atoms with Crippen molar-refractivity contribution in [3.8, 4) is 0 Å². The molecule has 1 N–H and O–H groups in total. The molecule has 1 saturated heterocycles. The van der Waals surface area contributed by atoms with Crippen LogP contribution in [-0.2, 0) is 6.54 Å². The molecule has 0 unspecified atom stereocenters. The summed E-state index contributed by atoms with van der Waals surface area (Å²) < 4.78 is 1.04. The van der Waals surface area contributed by atoms with Gasteiger partial charge in [0.2, 0.25) is 0 Å². The van der Waals surface area contributed by atoms with Crippen molar-refractivity contribution in [3.63, 3.8) is 0 Å². The summed E-state index contributed by atoms with van der Waals surface area (Å²) in [6.45, 7) is 2.31. The fourth-order valence-electron chi connectivity index (χ4n) is 3.56. The summed E-state index contributed by atoms with van der Waals surface area (Å²) in [4.78, 5) is 0. The van der Waals surface area contributed by atoms with Gasteiger partial charge in [-0.25, -0.2) is 0 Å². The normalized spacial score (nSPS) is 35.4. The van der Waals surface area contributed by atoms with Crippen LogP contribution in [0, 0.1) is 0 Å². The minimum atomic E-state index is -0.254. The predicted molar refractivity (Wildman–Crippen MR) is 63.8 cm³/mol. The van der Waals surface area contributed by atoms with Gasteiger partial charge in [0.05, 0.1) is 13.6 Å². The maximum atomic E-state index is 10.5. The van der Waals surface area contributed by atoms with Crippen LogP contribution in [0.2, 0.25) is 0 Å². The Bertz CT molecular complexity index is 409. The summed E-state index contributed by atoms with van der Waals surface area (Å²) in [5.41, 5.74) is 2.51. The number of quaternary nitrogens is 1. The van der Waals surface area contributed by atoms with E-state index in [0.717, 1.165) is 11.0 Å². The summed E-state index contributed by atoms with van der Waals surface area (Å²) in [5.74, 6) is 0. The number of fused-ring (bicyclic) bond motifs is 2. The van der Waals surface area contributed by atoms with Gasteiger partial charge in [0, 0.05) is 12.0 Å². The van der Waals surface area contributed by atoms with Crippen molar-refractivity contribution in [2.45, 2.75) is 38.0 Å². The molecule has 2 aliphatic rings. The lowest BCUT2D eigenvalue weighted by Crippen LogP contribution is -3.00. The second kappa shape index (κ2) is 4.86. The highest BCUT2D eigenvalue weighted by atomic mass is 127. The fraction of sp³-hybridized carbons (Fsp3) is 0.571. The van der Waals surface area contributed by atoms with Crippen LogP contribution in [-0.4, -0.2) is 29.2 Å². The van der Waals surface area contributed by atoms with E-state index in [4.69, 9.17) is 0 Å². The minimum absolute atomic E-state index is 0. The Morgan fingerprint density at radius 2 is 2.00 bits per heavy atom. The van der Waals surface area contributed by atoms with Crippen LogP contribution in [0.3, 0.4) is 0 Å². The van der Waals surface area contributed by atoms with Crippen LogP contribution in [0.15, 0.2) is 24.3 Å². The van der Waals surface area contributed by atoms with Crippen molar-refractivity contribution in [1.82, 2.24) is 0 Å². The predicted octanol–water partition coefficient (Wildman–Crippen LogP) is -0.763. The Morgan fingerprint density at radius 1 is 1.24 bits per heavy atom. The number of halogens is 1.